The summed E-state index contributed by atoms with van der Waals surface area (Å²) in [7, 11) is 0. The first-order valence-electron chi connectivity index (χ1n) is 5.92. The summed E-state index contributed by atoms with van der Waals surface area (Å²) < 4.78 is 38.6. The number of carbonyl (C=O) groups excluding carboxylic acids is 1. The van der Waals surface area contributed by atoms with Crippen molar-refractivity contribution in [3.63, 3.8) is 0 Å². The van der Waals surface area contributed by atoms with Crippen LogP contribution < -0.4 is 5.32 Å². The van der Waals surface area contributed by atoms with Crippen LogP contribution >= 0.6 is 0 Å². The fourth-order valence-corrected chi connectivity index (χ4v) is 1.63. The number of benzene rings is 1. The van der Waals surface area contributed by atoms with Gasteiger partial charge in [0, 0.05) is 12.1 Å². The summed E-state index contributed by atoms with van der Waals surface area (Å²) in [4.78, 5) is 11.6. The maximum Gasteiger partial charge on any atom is 0.251 e. The molecule has 0 bridgehead atoms. The van der Waals surface area contributed by atoms with Gasteiger partial charge in [0.05, 0.1) is 6.10 Å². The average Bonchev–Trinajstić information content (AvgIpc) is 2.31. The highest BCUT2D eigenvalue weighted by Crippen LogP contribution is 2.13. The molecule has 0 heterocycles. The van der Waals surface area contributed by atoms with Crippen molar-refractivity contribution < 1.29 is 23.1 Å². The van der Waals surface area contributed by atoms with Crippen LogP contribution in [0, 0.1) is 23.4 Å². The Hall–Kier alpha value is -1.56. The van der Waals surface area contributed by atoms with Gasteiger partial charge in [0.15, 0.2) is 17.5 Å². The van der Waals surface area contributed by atoms with Crippen molar-refractivity contribution in [3.8, 4) is 0 Å². The van der Waals surface area contributed by atoms with Gasteiger partial charge >= 0.3 is 0 Å². The SMILES string of the molecule is CC(C)CC(O)CNC(=O)c1cc(F)c(F)c(F)c1. The van der Waals surface area contributed by atoms with Crippen LogP contribution in [-0.4, -0.2) is 23.7 Å². The van der Waals surface area contributed by atoms with Gasteiger partial charge in [-0.15, -0.1) is 0 Å². The Balaban J connectivity index is 2.64. The summed E-state index contributed by atoms with van der Waals surface area (Å²) in [5.74, 6) is -4.97. The largest absolute Gasteiger partial charge is 0.391 e. The summed E-state index contributed by atoms with van der Waals surface area (Å²) in [5, 5.41) is 11.9. The monoisotopic (exact) mass is 275 g/mol. The summed E-state index contributed by atoms with van der Waals surface area (Å²) >= 11 is 0. The van der Waals surface area contributed by atoms with Gasteiger partial charge in [0.1, 0.15) is 0 Å². The fraction of sp³-hybridized carbons (Fsp3) is 0.462. The predicted molar refractivity (Wildman–Crippen MR) is 64.1 cm³/mol. The third kappa shape index (κ3) is 4.55. The molecule has 0 saturated heterocycles. The molecule has 3 nitrogen and oxygen atoms in total. The number of amides is 1. The number of hydrogen-bond donors (Lipinski definition) is 2. The molecule has 0 spiro atoms. The van der Waals surface area contributed by atoms with Gasteiger partial charge in [0.2, 0.25) is 0 Å². The molecule has 0 aliphatic heterocycles. The first-order chi connectivity index (χ1) is 8.81. The Labute approximate surface area is 109 Å². The molecular formula is C13H16F3NO2. The molecule has 2 N–H and O–H groups in total. The molecule has 1 rings (SSSR count). The van der Waals surface area contributed by atoms with Crippen molar-refractivity contribution in [1.29, 1.82) is 0 Å². The number of halogens is 3. The van der Waals surface area contributed by atoms with Crippen molar-refractivity contribution >= 4 is 5.91 Å². The maximum atomic E-state index is 12.9. The normalized spacial score (nSPS) is 12.6. The Bertz CT molecular complexity index is 440. The number of carbonyl (C=O) groups is 1. The molecule has 0 aliphatic carbocycles. The van der Waals surface area contributed by atoms with E-state index >= 15 is 0 Å². The zero-order valence-corrected chi connectivity index (χ0v) is 10.7. The van der Waals surface area contributed by atoms with Crippen LogP contribution in [0.25, 0.3) is 0 Å². The van der Waals surface area contributed by atoms with E-state index in [9.17, 15) is 23.1 Å². The molecule has 0 radical (unpaired) electrons. The highest BCUT2D eigenvalue weighted by molar-refractivity contribution is 5.94. The molecular weight excluding hydrogens is 259 g/mol. The lowest BCUT2D eigenvalue weighted by Crippen LogP contribution is -2.33. The van der Waals surface area contributed by atoms with E-state index in [4.69, 9.17) is 0 Å². The second-order valence-corrected chi connectivity index (χ2v) is 4.75. The first-order valence-corrected chi connectivity index (χ1v) is 5.92. The van der Waals surface area contributed by atoms with Crippen LogP contribution in [0.15, 0.2) is 12.1 Å². The molecule has 106 valence electrons. The molecule has 1 unspecified atom stereocenters. The van der Waals surface area contributed by atoms with E-state index in [1.165, 1.54) is 0 Å². The Morgan fingerprint density at radius 1 is 1.26 bits per heavy atom. The summed E-state index contributed by atoms with van der Waals surface area (Å²) in [6.45, 7) is 3.79. The number of aliphatic hydroxyl groups excluding tert-OH is 1. The maximum absolute atomic E-state index is 12.9. The zero-order valence-electron chi connectivity index (χ0n) is 10.7. The minimum absolute atomic E-state index is 0.0301. The molecule has 0 saturated carbocycles. The summed E-state index contributed by atoms with van der Waals surface area (Å²) in [5.41, 5.74) is -0.326. The molecule has 1 aromatic carbocycles. The first kappa shape index (κ1) is 15.5. The topological polar surface area (TPSA) is 49.3 Å². The van der Waals surface area contributed by atoms with Gasteiger partial charge in [-0.25, -0.2) is 13.2 Å². The standard InChI is InChI=1S/C13H16F3NO2/c1-7(2)3-9(18)6-17-13(19)8-4-10(14)12(16)11(15)5-8/h4-5,7,9,18H,3,6H2,1-2H3,(H,17,19). The van der Waals surface area contributed by atoms with Crippen molar-refractivity contribution in [2.45, 2.75) is 26.4 Å². The second kappa shape index (κ2) is 6.56. The van der Waals surface area contributed by atoms with E-state index in [0.29, 0.717) is 18.6 Å². The number of hydrogen-bond acceptors (Lipinski definition) is 2. The number of rotatable bonds is 5. The zero-order chi connectivity index (χ0) is 14.6. The quantitative estimate of drug-likeness (QED) is 0.810. The Kier molecular flexibility index (Phi) is 5.35. The lowest BCUT2D eigenvalue weighted by molar-refractivity contribution is 0.0899. The molecule has 19 heavy (non-hydrogen) atoms. The van der Waals surface area contributed by atoms with Crippen molar-refractivity contribution in [3.05, 3.63) is 35.1 Å². The molecule has 0 fully saturated rings. The number of nitrogens with one attached hydrogen (secondary N) is 1. The highest BCUT2D eigenvalue weighted by atomic mass is 19.2. The molecule has 1 amide bonds. The van der Waals surface area contributed by atoms with Gasteiger partial charge in [-0.05, 0) is 24.5 Å². The van der Waals surface area contributed by atoms with E-state index in [0.717, 1.165) is 0 Å². The van der Waals surface area contributed by atoms with Gasteiger partial charge in [-0.1, -0.05) is 13.8 Å². The van der Waals surface area contributed by atoms with Crippen LogP contribution in [-0.2, 0) is 0 Å². The van der Waals surface area contributed by atoms with Gasteiger partial charge in [-0.3, -0.25) is 4.79 Å². The van der Waals surface area contributed by atoms with Gasteiger partial charge in [-0.2, -0.15) is 0 Å². The molecule has 1 atom stereocenters. The molecule has 1 aromatic rings. The minimum Gasteiger partial charge on any atom is -0.391 e. The van der Waals surface area contributed by atoms with Crippen molar-refractivity contribution in [2.24, 2.45) is 5.92 Å². The van der Waals surface area contributed by atoms with Gasteiger partial charge < -0.3 is 10.4 Å². The summed E-state index contributed by atoms with van der Waals surface area (Å²) in [6.07, 6.45) is -0.244. The number of aliphatic hydroxyl groups is 1. The van der Waals surface area contributed by atoms with Crippen molar-refractivity contribution in [2.75, 3.05) is 6.54 Å². The second-order valence-electron chi connectivity index (χ2n) is 4.75. The van der Waals surface area contributed by atoms with Crippen LogP contribution in [0.1, 0.15) is 30.6 Å². The van der Waals surface area contributed by atoms with E-state index in [1.54, 1.807) is 0 Å². The lowest BCUT2D eigenvalue weighted by atomic mass is 10.1. The third-order valence-electron chi connectivity index (χ3n) is 2.49. The van der Waals surface area contributed by atoms with E-state index in [1.807, 2.05) is 13.8 Å². The highest BCUT2D eigenvalue weighted by Gasteiger charge is 2.16. The van der Waals surface area contributed by atoms with E-state index in [2.05, 4.69) is 5.32 Å². The molecule has 0 aromatic heterocycles. The van der Waals surface area contributed by atoms with Crippen LogP contribution in [0.4, 0.5) is 13.2 Å². The fourth-order valence-electron chi connectivity index (χ4n) is 1.63. The van der Waals surface area contributed by atoms with Crippen molar-refractivity contribution in [1.82, 2.24) is 5.32 Å². The Morgan fingerprint density at radius 2 is 1.79 bits per heavy atom. The lowest BCUT2D eigenvalue weighted by Gasteiger charge is -2.14. The smallest absolute Gasteiger partial charge is 0.251 e. The summed E-state index contributed by atoms with van der Waals surface area (Å²) in [6, 6.07) is 1.23. The predicted octanol–water partition coefficient (Wildman–Crippen LogP) is 2.24. The molecule has 0 aliphatic rings. The third-order valence-corrected chi connectivity index (χ3v) is 2.49. The average molecular weight is 275 g/mol. The van der Waals surface area contributed by atoms with Gasteiger partial charge in [0.25, 0.3) is 5.91 Å². The van der Waals surface area contributed by atoms with Crippen LogP contribution in [0.2, 0.25) is 0 Å². The van der Waals surface area contributed by atoms with E-state index < -0.39 is 29.5 Å². The minimum atomic E-state index is -1.61. The molecule has 6 heteroatoms. The Morgan fingerprint density at radius 3 is 2.26 bits per heavy atom. The van der Waals surface area contributed by atoms with E-state index in [-0.39, 0.29) is 18.0 Å². The van der Waals surface area contributed by atoms with Crippen LogP contribution in [0.3, 0.4) is 0 Å². The van der Waals surface area contributed by atoms with Crippen LogP contribution in [0.5, 0.6) is 0 Å².